The maximum atomic E-state index is 9.40. The van der Waals surface area contributed by atoms with Gasteiger partial charge in [0.05, 0.1) is 16.7 Å². The molecule has 3 aromatic rings. The molecule has 0 amide bonds. The largest absolute Gasteiger partial charge is 0.506 e. The van der Waals surface area contributed by atoms with E-state index >= 15 is 0 Å². The van der Waals surface area contributed by atoms with Crippen molar-refractivity contribution in [2.75, 3.05) is 5.73 Å². The highest BCUT2D eigenvalue weighted by Gasteiger charge is 2.05. The lowest BCUT2D eigenvalue weighted by Gasteiger charge is -2.02. The molecule has 0 fully saturated rings. The molecule has 0 unspecified atom stereocenters. The fourth-order valence-electron chi connectivity index (χ4n) is 2.01. The number of nitrogens with one attached hydrogen (secondary N) is 1. The first-order valence-electron chi connectivity index (χ1n) is 6.28. The maximum Gasteiger partial charge on any atom is 0.166 e. The molecule has 5 heteroatoms. The predicted octanol–water partition coefficient (Wildman–Crippen LogP) is 3.45. The Morgan fingerprint density at radius 2 is 2.10 bits per heavy atom. The molecular formula is C15H15N3OS. The first-order valence-corrected chi connectivity index (χ1v) is 7.27. The molecule has 0 aliphatic carbocycles. The van der Waals surface area contributed by atoms with Gasteiger partial charge in [-0.1, -0.05) is 23.9 Å². The summed E-state index contributed by atoms with van der Waals surface area (Å²) < 4.78 is 0. The Kier molecular flexibility index (Phi) is 3.28. The number of nitrogens with zero attached hydrogens (tertiary/aromatic N) is 1. The lowest BCUT2D eigenvalue weighted by molar-refractivity contribution is 0.478. The monoisotopic (exact) mass is 285 g/mol. The highest BCUT2D eigenvalue weighted by Crippen LogP contribution is 2.27. The Labute approximate surface area is 121 Å². The van der Waals surface area contributed by atoms with Gasteiger partial charge in [0.1, 0.15) is 5.75 Å². The Morgan fingerprint density at radius 3 is 2.90 bits per heavy atom. The number of thioether (sulfide) groups is 1. The second-order valence-corrected chi connectivity index (χ2v) is 5.71. The number of phenolic OH excluding ortho intramolecular Hbond substituents is 1. The zero-order chi connectivity index (χ0) is 14.1. The number of rotatable bonds is 3. The molecular weight excluding hydrogens is 270 g/mol. The molecule has 0 aliphatic rings. The number of nitrogen functional groups attached to an aromatic ring is 1. The van der Waals surface area contributed by atoms with Gasteiger partial charge < -0.3 is 15.8 Å². The smallest absolute Gasteiger partial charge is 0.166 e. The standard InChI is InChI=1S/C15H15N3OS/c1-9-2-4-12-13(6-9)18-15(17-12)20-8-10-3-5-14(19)11(16)7-10/h2-7,19H,8,16H2,1H3,(H,17,18). The number of anilines is 1. The minimum absolute atomic E-state index is 0.123. The van der Waals surface area contributed by atoms with E-state index in [1.165, 1.54) is 5.56 Å². The topological polar surface area (TPSA) is 74.9 Å². The highest BCUT2D eigenvalue weighted by atomic mass is 32.2. The molecule has 1 heterocycles. The van der Waals surface area contributed by atoms with Gasteiger partial charge in [-0.05, 0) is 42.3 Å². The molecule has 0 aliphatic heterocycles. The number of phenols is 1. The fraction of sp³-hybridized carbons (Fsp3) is 0.133. The number of aromatic nitrogens is 2. The quantitative estimate of drug-likeness (QED) is 0.391. The number of hydrogen-bond acceptors (Lipinski definition) is 4. The average molecular weight is 285 g/mol. The van der Waals surface area contributed by atoms with Crippen LogP contribution in [0.2, 0.25) is 0 Å². The summed E-state index contributed by atoms with van der Waals surface area (Å²) in [5.74, 6) is 0.876. The molecule has 0 saturated heterocycles. The zero-order valence-corrected chi connectivity index (χ0v) is 11.9. The summed E-state index contributed by atoms with van der Waals surface area (Å²) in [4.78, 5) is 7.84. The molecule has 4 N–H and O–H groups in total. The van der Waals surface area contributed by atoms with Crippen molar-refractivity contribution >= 4 is 28.5 Å². The number of aryl methyl sites for hydroxylation is 1. The van der Waals surface area contributed by atoms with Crippen LogP contribution in [0.3, 0.4) is 0 Å². The molecule has 0 radical (unpaired) electrons. The van der Waals surface area contributed by atoms with Gasteiger partial charge in [0.25, 0.3) is 0 Å². The molecule has 0 spiro atoms. The summed E-state index contributed by atoms with van der Waals surface area (Å²) in [6, 6.07) is 11.4. The number of benzene rings is 2. The SMILES string of the molecule is Cc1ccc2nc(SCc3ccc(O)c(N)c3)[nH]c2c1. The normalized spacial score (nSPS) is 11.1. The molecule has 0 bridgehead atoms. The summed E-state index contributed by atoms with van der Waals surface area (Å²) in [6.07, 6.45) is 0. The van der Waals surface area contributed by atoms with Crippen molar-refractivity contribution in [3.63, 3.8) is 0 Å². The minimum Gasteiger partial charge on any atom is -0.506 e. The van der Waals surface area contributed by atoms with Gasteiger partial charge >= 0.3 is 0 Å². The average Bonchev–Trinajstić information content (AvgIpc) is 2.82. The van der Waals surface area contributed by atoms with Crippen molar-refractivity contribution in [2.45, 2.75) is 17.8 Å². The predicted molar refractivity (Wildman–Crippen MR) is 82.9 cm³/mol. The third kappa shape index (κ3) is 2.58. The van der Waals surface area contributed by atoms with Crippen LogP contribution in [0.4, 0.5) is 5.69 Å². The Morgan fingerprint density at radius 1 is 1.25 bits per heavy atom. The van der Waals surface area contributed by atoms with Crippen LogP contribution in [0.1, 0.15) is 11.1 Å². The van der Waals surface area contributed by atoms with E-state index in [9.17, 15) is 5.11 Å². The number of fused-ring (bicyclic) bond motifs is 1. The highest BCUT2D eigenvalue weighted by molar-refractivity contribution is 7.98. The number of hydrogen-bond donors (Lipinski definition) is 3. The summed E-state index contributed by atoms with van der Waals surface area (Å²) in [5, 5.41) is 10.3. The van der Waals surface area contributed by atoms with E-state index in [1.54, 1.807) is 23.9 Å². The Hall–Kier alpha value is -2.14. The van der Waals surface area contributed by atoms with Crippen LogP contribution in [0.25, 0.3) is 11.0 Å². The van der Waals surface area contributed by atoms with Crippen LogP contribution in [-0.4, -0.2) is 15.1 Å². The van der Waals surface area contributed by atoms with Crippen LogP contribution >= 0.6 is 11.8 Å². The zero-order valence-electron chi connectivity index (χ0n) is 11.1. The molecule has 3 rings (SSSR count). The van der Waals surface area contributed by atoms with E-state index in [4.69, 9.17) is 5.73 Å². The minimum atomic E-state index is 0.123. The first kappa shape index (κ1) is 12.9. The van der Waals surface area contributed by atoms with Gasteiger partial charge in [0.2, 0.25) is 0 Å². The van der Waals surface area contributed by atoms with Crippen molar-refractivity contribution < 1.29 is 5.11 Å². The van der Waals surface area contributed by atoms with Crippen LogP contribution < -0.4 is 5.73 Å². The number of imidazole rings is 1. The van der Waals surface area contributed by atoms with E-state index < -0.39 is 0 Å². The van der Waals surface area contributed by atoms with E-state index in [0.29, 0.717) is 5.69 Å². The summed E-state index contributed by atoms with van der Waals surface area (Å²) in [7, 11) is 0. The molecule has 0 saturated carbocycles. The first-order chi connectivity index (χ1) is 9.61. The van der Waals surface area contributed by atoms with E-state index in [1.807, 2.05) is 12.1 Å². The van der Waals surface area contributed by atoms with Crippen LogP contribution in [-0.2, 0) is 5.75 Å². The number of aromatic amines is 1. The van der Waals surface area contributed by atoms with Gasteiger partial charge in [0.15, 0.2) is 5.16 Å². The van der Waals surface area contributed by atoms with Crippen molar-refractivity contribution in [3.8, 4) is 5.75 Å². The van der Waals surface area contributed by atoms with E-state index in [-0.39, 0.29) is 5.75 Å². The molecule has 0 atom stereocenters. The van der Waals surface area contributed by atoms with Gasteiger partial charge in [-0.25, -0.2) is 4.98 Å². The van der Waals surface area contributed by atoms with Crippen molar-refractivity contribution in [2.24, 2.45) is 0 Å². The van der Waals surface area contributed by atoms with Crippen molar-refractivity contribution in [1.29, 1.82) is 0 Å². The lowest BCUT2D eigenvalue weighted by Crippen LogP contribution is -1.88. The van der Waals surface area contributed by atoms with Gasteiger partial charge in [-0.3, -0.25) is 0 Å². The molecule has 1 aromatic heterocycles. The van der Waals surface area contributed by atoms with Crippen molar-refractivity contribution in [1.82, 2.24) is 9.97 Å². The van der Waals surface area contributed by atoms with Gasteiger partial charge in [0, 0.05) is 5.75 Å². The molecule has 20 heavy (non-hydrogen) atoms. The van der Waals surface area contributed by atoms with Gasteiger partial charge in [-0.15, -0.1) is 0 Å². The summed E-state index contributed by atoms with van der Waals surface area (Å²) in [6.45, 7) is 2.06. The Bertz CT molecular complexity index is 767. The third-order valence-corrected chi connectivity index (χ3v) is 4.03. The second kappa shape index (κ2) is 5.09. The number of H-pyrrole nitrogens is 1. The van der Waals surface area contributed by atoms with E-state index in [0.717, 1.165) is 27.5 Å². The van der Waals surface area contributed by atoms with Crippen LogP contribution in [0.15, 0.2) is 41.6 Å². The Balaban J connectivity index is 1.77. The second-order valence-electron chi connectivity index (χ2n) is 4.74. The number of nitrogens with two attached hydrogens (primary N) is 1. The van der Waals surface area contributed by atoms with Crippen LogP contribution in [0, 0.1) is 6.92 Å². The fourth-order valence-corrected chi connectivity index (χ4v) is 2.84. The molecule has 102 valence electrons. The maximum absolute atomic E-state index is 9.40. The number of aromatic hydroxyl groups is 1. The summed E-state index contributed by atoms with van der Waals surface area (Å²) >= 11 is 1.62. The molecule has 4 nitrogen and oxygen atoms in total. The van der Waals surface area contributed by atoms with Crippen molar-refractivity contribution in [3.05, 3.63) is 47.5 Å². The molecule has 2 aromatic carbocycles. The van der Waals surface area contributed by atoms with E-state index in [2.05, 4.69) is 29.0 Å². The third-order valence-electron chi connectivity index (χ3n) is 3.08. The van der Waals surface area contributed by atoms with Crippen LogP contribution in [0.5, 0.6) is 5.75 Å². The lowest BCUT2D eigenvalue weighted by atomic mass is 10.2. The van der Waals surface area contributed by atoms with Gasteiger partial charge in [-0.2, -0.15) is 0 Å². The summed E-state index contributed by atoms with van der Waals surface area (Å²) in [5.41, 5.74) is 10.4.